The first-order valence-electron chi connectivity index (χ1n) is 6.11. The van der Waals surface area contributed by atoms with E-state index < -0.39 is 18.0 Å². The Balaban J connectivity index is 2.52. The molecular weight excluding hydrogens is 317 g/mol. The summed E-state index contributed by atoms with van der Waals surface area (Å²) in [6.07, 6.45) is -2.58. The third-order valence-electron chi connectivity index (χ3n) is 2.69. The molecule has 0 saturated heterocycles. The number of nitrogens with zero attached hydrogens (tertiary/aromatic N) is 2. The van der Waals surface area contributed by atoms with Gasteiger partial charge < -0.3 is 9.47 Å². The number of methoxy groups -OCH3 is 1. The van der Waals surface area contributed by atoms with Crippen molar-refractivity contribution in [3.63, 3.8) is 0 Å². The van der Waals surface area contributed by atoms with Gasteiger partial charge in [-0.05, 0) is 12.1 Å². The van der Waals surface area contributed by atoms with Crippen LogP contribution in [0.5, 0.6) is 11.5 Å². The number of hydrogen-bond acceptors (Lipinski definition) is 6. The first kappa shape index (κ1) is 16.5. The Kier molecular flexibility index (Phi) is 4.65. The maximum atomic E-state index is 12.6. The van der Waals surface area contributed by atoms with Crippen LogP contribution in [-0.4, -0.2) is 29.3 Å². The molecule has 1 aromatic heterocycles. The highest BCUT2D eigenvalue weighted by Crippen LogP contribution is 2.35. The van der Waals surface area contributed by atoms with E-state index in [1.54, 1.807) is 0 Å². The lowest BCUT2D eigenvalue weighted by molar-refractivity contribution is -0.274. The number of nitrogens with one attached hydrogen (secondary N) is 1. The highest BCUT2D eigenvalue weighted by molar-refractivity contribution is 5.92. The lowest BCUT2D eigenvalue weighted by Gasteiger charge is -2.14. The molecule has 0 aliphatic heterocycles. The van der Waals surface area contributed by atoms with Crippen molar-refractivity contribution in [3.8, 4) is 22.8 Å². The van der Waals surface area contributed by atoms with Gasteiger partial charge in [0.2, 0.25) is 0 Å². The lowest BCUT2D eigenvalue weighted by Crippen LogP contribution is -2.30. The molecule has 23 heavy (non-hydrogen) atoms. The van der Waals surface area contributed by atoms with E-state index >= 15 is 0 Å². The Morgan fingerprint density at radius 1 is 1.30 bits per heavy atom. The first-order chi connectivity index (χ1) is 10.8. The van der Waals surface area contributed by atoms with Crippen LogP contribution in [0.4, 0.5) is 13.2 Å². The van der Waals surface area contributed by atoms with Gasteiger partial charge in [-0.1, -0.05) is 0 Å². The van der Waals surface area contributed by atoms with E-state index in [-0.39, 0.29) is 22.7 Å². The number of hydrazine groups is 1. The molecule has 0 spiro atoms. The monoisotopic (exact) mass is 328 g/mol. The number of aromatic nitrogens is 2. The van der Waals surface area contributed by atoms with Gasteiger partial charge in [-0.25, -0.2) is 10.8 Å². The molecule has 10 heteroatoms. The summed E-state index contributed by atoms with van der Waals surface area (Å²) >= 11 is 0. The zero-order valence-electron chi connectivity index (χ0n) is 11.7. The molecule has 0 atom stereocenters. The van der Waals surface area contributed by atoms with Crippen molar-refractivity contribution < 1.29 is 27.4 Å². The van der Waals surface area contributed by atoms with Gasteiger partial charge in [0.15, 0.2) is 0 Å². The fraction of sp³-hybridized carbons (Fsp3) is 0.154. The minimum absolute atomic E-state index is 0.00741. The molecule has 0 aliphatic carbocycles. The molecule has 1 heterocycles. The normalized spacial score (nSPS) is 11.0. The molecule has 0 radical (unpaired) electrons. The lowest BCUT2D eigenvalue weighted by atomic mass is 10.1. The number of carbonyl (C=O) groups excluding carboxylic acids is 1. The molecule has 2 aromatic rings. The van der Waals surface area contributed by atoms with Crippen LogP contribution in [0.25, 0.3) is 11.3 Å². The van der Waals surface area contributed by atoms with Crippen molar-refractivity contribution in [2.24, 2.45) is 5.84 Å². The summed E-state index contributed by atoms with van der Waals surface area (Å²) in [5.74, 6) is 3.89. The molecule has 0 bridgehead atoms. The molecule has 0 fully saturated rings. The summed E-state index contributed by atoms with van der Waals surface area (Å²) in [5, 5.41) is 0. The number of hydrogen-bond donors (Lipinski definition) is 2. The number of halogens is 3. The van der Waals surface area contributed by atoms with Crippen molar-refractivity contribution in [1.82, 2.24) is 15.4 Å². The van der Waals surface area contributed by atoms with Gasteiger partial charge in [0, 0.05) is 11.6 Å². The summed E-state index contributed by atoms with van der Waals surface area (Å²) in [6, 6.07) is 3.80. The van der Waals surface area contributed by atoms with Crippen LogP contribution in [0.3, 0.4) is 0 Å². The quantitative estimate of drug-likeness (QED) is 0.503. The fourth-order valence-corrected chi connectivity index (χ4v) is 1.73. The number of carbonyl (C=O) groups is 1. The number of ether oxygens (including phenoxy) is 2. The van der Waals surface area contributed by atoms with E-state index in [1.165, 1.54) is 25.4 Å². The van der Waals surface area contributed by atoms with Crippen LogP contribution in [0.15, 0.2) is 30.6 Å². The molecule has 0 aliphatic rings. The van der Waals surface area contributed by atoms with Crippen LogP contribution in [-0.2, 0) is 0 Å². The molecule has 1 amide bonds. The van der Waals surface area contributed by atoms with Gasteiger partial charge in [0.05, 0.1) is 25.2 Å². The standard InChI is InChI=1S/C13H11F3N4O3/c1-22-7-2-3-8(11(4-7)23-13(14,15)16)9-5-18-6-10(19-9)12(21)20-17/h2-6H,17H2,1H3,(H,20,21). The van der Waals surface area contributed by atoms with Crippen LogP contribution in [0.2, 0.25) is 0 Å². The van der Waals surface area contributed by atoms with Gasteiger partial charge >= 0.3 is 6.36 Å². The largest absolute Gasteiger partial charge is 0.573 e. The minimum atomic E-state index is -4.90. The molecule has 2 rings (SSSR count). The van der Waals surface area contributed by atoms with E-state index in [0.29, 0.717) is 0 Å². The molecule has 1 aromatic carbocycles. The first-order valence-corrected chi connectivity index (χ1v) is 6.11. The van der Waals surface area contributed by atoms with E-state index in [9.17, 15) is 18.0 Å². The van der Waals surface area contributed by atoms with E-state index in [0.717, 1.165) is 12.3 Å². The highest BCUT2D eigenvalue weighted by Gasteiger charge is 2.32. The average Bonchev–Trinajstić information content (AvgIpc) is 2.52. The Hall–Kier alpha value is -2.88. The van der Waals surface area contributed by atoms with Crippen molar-refractivity contribution in [2.75, 3.05) is 7.11 Å². The summed E-state index contributed by atoms with van der Waals surface area (Å²) < 4.78 is 46.5. The van der Waals surface area contributed by atoms with E-state index in [4.69, 9.17) is 10.6 Å². The molecular formula is C13H11F3N4O3. The van der Waals surface area contributed by atoms with Crippen LogP contribution < -0.4 is 20.7 Å². The number of benzene rings is 1. The van der Waals surface area contributed by atoms with Gasteiger partial charge in [-0.15, -0.1) is 13.2 Å². The predicted molar refractivity (Wildman–Crippen MR) is 72.4 cm³/mol. The molecule has 3 N–H and O–H groups in total. The maximum Gasteiger partial charge on any atom is 0.573 e. The predicted octanol–water partition coefficient (Wildman–Crippen LogP) is 1.65. The smallest absolute Gasteiger partial charge is 0.497 e. The zero-order chi connectivity index (χ0) is 17.0. The van der Waals surface area contributed by atoms with Crippen LogP contribution >= 0.6 is 0 Å². The Labute approximate surface area is 128 Å². The Morgan fingerprint density at radius 2 is 2.04 bits per heavy atom. The van der Waals surface area contributed by atoms with Crippen LogP contribution in [0, 0.1) is 0 Å². The molecule has 0 saturated carbocycles. The molecule has 7 nitrogen and oxygen atoms in total. The number of nitrogen functional groups attached to an aromatic ring is 1. The van der Waals surface area contributed by atoms with Gasteiger partial charge in [-0.3, -0.25) is 15.2 Å². The number of amides is 1. The van der Waals surface area contributed by atoms with Crippen molar-refractivity contribution >= 4 is 5.91 Å². The number of nitrogens with two attached hydrogens (primary N) is 1. The van der Waals surface area contributed by atoms with Crippen molar-refractivity contribution in [2.45, 2.75) is 6.36 Å². The Morgan fingerprint density at radius 3 is 2.65 bits per heavy atom. The second kappa shape index (κ2) is 6.48. The minimum Gasteiger partial charge on any atom is -0.497 e. The van der Waals surface area contributed by atoms with E-state index in [1.807, 2.05) is 5.43 Å². The van der Waals surface area contributed by atoms with E-state index in [2.05, 4.69) is 14.7 Å². The summed E-state index contributed by atoms with van der Waals surface area (Å²) in [6.45, 7) is 0. The summed E-state index contributed by atoms with van der Waals surface area (Å²) in [5.41, 5.74) is 1.70. The van der Waals surface area contributed by atoms with Gasteiger partial charge in [-0.2, -0.15) is 0 Å². The highest BCUT2D eigenvalue weighted by atomic mass is 19.4. The molecule has 122 valence electrons. The molecule has 0 unspecified atom stereocenters. The van der Waals surface area contributed by atoms with Crippen LogP contribution in [0.1, 0.15) is 10.5 Å². The number of rotatable bonds is 4. The van der Waals surface area contributed by atoms with Gasteiger partial charge in [0.1, 0.15) is 17.2 Å². The second-order valence-corrected chi connectivity index (χ2v) is 4.17. The van der Waals surface area contributed by atoms with Crippen molar-refractivity contribution in [3.05, 3.63) is 36.3 Å². The fourth-order valence-electron chi connectivity index (χ4n) is 1.73. The second-order valence-electron chi connectivity index (χ2n) is 4.17. The summed E-state index contributed by atoms with van der Waals surface area (Å²) in [7, 11) is 1.30. The average molecular weight is 328 g/mol. The van der Waals surface area contributed by atoms with Gasteiger partial charge in [0.25, 0.3) is 5.91 Å². The van der Waals surface area contributed by atoms with Crippen molar-refractivity contribution in [1.29, 1.82) is 0 Å². The number of alkyl halides is 3. The third-order valence-corrected chi connectivity index (χ3v) is 2.69. The maximum absolute atomic E-state index is 12.6. The zero-order valence-corrected chi connectivity index (χ0v) is 11.7. The topological polar surface area (TPSA) is 99.4 Å². The Bertz CT molecular complexity index is 722. The third kappa shape index (κ3) is 4.07. The summed E-state index contributed by atoms with van der Waals surface area (Å²) in [4.78, 5) is 19.1. The SMILES string of the molecule is COc1ccc(-c2cncc(C(=O)NN)n2)c(OC(F)(F)F)c1.